The molecule has 0 unspecified atom stereocenters. The zero-order valence-electron chi connectivity index (χ0n) is 16.7. The first-order valence-electron chi connectivity index (χ1n) is 9.39. The van der Waals surface area contributed by atoms with Gasteiger partial charge in [-0.3, -0.25) is 10.1 Å². The molecule has 0 aliphatic heterocycles. The van der Waals surface area contributed by atoms with E-state index in [0.29, 0.717) is 29.5 Å². The van der Waals surface area contributed by atoms with E-state index in [1.165, 1.54) is 17.4 Å². The molecule has 1 amide bonds. The van der Waals surface area contributed by atoms with Crippen molar-refractivity contribution in [2.24, 2.45) is 0 Å². The topological polar surface area (TPSA) is 60.5 Å². The Morgan fingerprint density at radius 2 is 2.03 bits per heavy atom. The Kier molecular flexibility index (Phi) is 7.48. The predicted octanol–water partition coefficient (Wildman–Crippen LogP) is 4.87. The van der Waals surface area contributed by atoms with Gasteiger partial charge in [-0.25, -0.2) is 13.8 Å². The minimum Gasteiger partial charge on any atom is -0.488 e. The van der Waals surface area contributed by atoms with Gasteiger partial charge < -0.3 is 9.47 Å². The lowest BCUT2D eigenvalue weighted by molar-refractivity contribution is 0.0916. The number of benzene rings is 2. The number of hydrogen-bond donors (Lipinski definition) is 1. The molecule has 1 atom stereocenters. The van der Waals surface area contributed by atoms with Gasteiger partial charge in [0.2, 0.25) is 0 Å². The van der Waals surface area contributed by atoms with Crippen molar-refractivity contribution in [1.82, 2.24) is 4.98 Å². The van der Waals surface area contributed by atoms with Gasteiger partial charge in [-0.15, -0.1) is 11.3 Å². The van der Waals surface area contributed by atoms with Gasteiger partial charge in [0.1, 0.15) is 23.5 Å². The summed E-state index contributed by atoms with van der Waals surface area (Å²) in [5.74, 6) is -0.770. The minimum atomic E-state index is -0.486. The van der Waals surface area contributed by atoms with Crippen LogP contribution >= 0.6 is 11.3 Å². The number of anilines is 1. The molecule has 0 fully saturated rings. The Hall–Kier alpha value is -2.84. The van der Waals surface area contributed by atoms with E-state index in [2.05, 4.69) is 10.3 Å². The number of ether oxygens (including phenoxy) is 2. The molecule has 3 rings (SSSR count). The van der Waals surface area contributed by atoms with Crippen LogP contribution < -0.4 is 10.1 Å². The number of methoxy groups -OCH3 is 1. The summed E-state index contributed by atoms with van der Waals surface area (Å²) in [4.78, 5) is 16.7. The van der Waals surface area contributed by atoms with E-state index in [-0.39, 0.29) is 24.0 Å². The average Bonchev–Trinajstić information content (AvgIpc) is 3.21. The zero-order valence-corrected chi connectivity index (χ0v) is 17.5. The van der Waals surface area contributed by atoms with Gasteiger partial charge in [0.25, 0.3) is 5.91 Å². The number of nitrogens with one attached hydrogen (secondary N) is 1. The van der Waals surface area contributed by atoms with Crippen LogP contribution in [-0.2, 0) is 17.6 Å². The highest BCUT2D eigenvalue weighted by Gasteiger charge is 2.14. The van der Waals surface area contributed by atoms with Crippen LogP contribution in [0.1, 0.15) is 28.4 Å². The second kappa shape index (κ2) is 10.3. The second-order valence-electron chi connectivity index (χ2n) is 6.78. The highest BCUT2D eigenvalue weighted by molar-refractivity contribution is 7.13. The molecular weight excluding hydrogens is 410 g/mol. The van der Waals surface area contributed by atoms with Crippen molar-refractivity contribution in [2.45, 2.75) is 25.9 Å². The minimum absolute atomic E-state index is 0.221. The van der Waals surface area contributed by atoms with Crippen LogP contribution in [0.25, 0.3) is 0 Å². The van der Waals surface area contributed by atoms with Gasteiger partial charge in [-0.05, 0) is 67.3 Å². The molecule has 1 N–H and O–H groups in total. The largest absolute Gasteiger partial charge is 0.488 e. The third-order valence-electron chi connectivity index (χ3n) is 4.31. The monoisotopic (exact) mass is 432 g/mol. The number of aryl methyl sites for hydroxylation is 2. The maximum atomic E-state index is 14.0. The normalized spacial score (nSPS) is 11.9. The molecular formula is C22H22F2N2O3S. The number of hydrogen-bond acceptors (Lipinski definition) is 5. The van der Waals surface area contributed by atoms with Crippen LogP contribution in [0.4, 0.5) is 13.9 Å². The maximum absolute atomic E-state index is 14.0. The summed E-state index contributed by atoms with van der Waals surface area (Å²) < 4.78 is 38.4. The van der Waals surface area contributed by atoms with Gasteiger partial charge in [0.05, 0.1) is 6.61 Å². The summed E-state index contributed by atoms with van der Waals surface area (Å²) >= 11 is 1.31. The quantitative estimate of drug-likeness (QED) is 0.524. The molecule has 0 aliphatic carbocycles. The van der Waals surface area contributed by atoms with Crippen LogP contribution in [0.2, 0.25) is 0 Å². The summed E-state index contributed by atoms with van der Waals surface area (Å²) in [5.41, 5.74) is 1.44. The number of rotatable bonds is 9. The van der Waals surface area contributed by atoms with Gasteiger partial charge >= 0.3 is 0 Å². The Labute approximate surface area is 177 Å². The molecule has 0 radical (unpaired) electrons. The molecule has 1 aromatic heterocycles. The molecule has 5 nitrogen and oxygen atoms in total. The molecule has 3 aromatic rings. The first-order valence-corrected chi connectivity index (χ1v) is 10.3. The Bertz CT molecular complexity index is 996. The molecule has 0 saturated heterocycles. The van der Waals surface area contributed by atoms with Crippen molar-refractivity contribution in [2.75, 3.05) is 19.0 Å². The Morgan fingerprint density at radius 3 is 2.77 bits per heavy atom. The van der Waals surface area contributed by atoms with Crippen molar-refractivity contribution in [3.63, 3.8) is 0 Å². The molecule has 1 heterocycles. The van der Waals surface area contributed by atoms with Crippen LogP contribution in [0.5, 0.6) is 5.75 Å². The molecule has 8 heteroatoms. The van der Waals surface area contributed by atoms with E-state index in [4.69, 9.17) is 9.47 Å². The number of halogens is 2. The fraction of sp³-hybridized carbons (Fsp3) is 0.273. The van der Waals surface area contributed by atoms with Crippen LogP contribution in [0, 0.1) is 11.6 Å². The molecule has 0 bridgehead atoms. The molecule has 0 spiro atoms. The third kappa shape index (κ3) is 6.08. The average molecular weight is 432 g/mol. The lowest BCUT2D eigenvalue weighted by atomic mass is 10.0. The zero-order chi connectivity index (χ0) is 21.5. The molecule has 0 aliphatic rings. The number of amides is 1. The summed E-state index contributed by atoms with van der Waals surface area (Å²) in [6.45, 7) is 2.24. The maximum Gasteiger partial charge on any atom is 0.257 e. The highest BCUT2D eigenvalue weighted by Crippen LogP contribution is 2.22. The van der Waals surface area contributed by atoms with Crippen molar-refractivity contribution in [1.29, 1.82) is 0 Å². The first kappa shape index (κ1) is 21.9. The molecule has 0 saturated carbocycles. The molecule has 158 valence electrons. The van der Waals surface area contributed by atoms with Crippen molar-refractivity contribution >= 4 is 22.4 Å². The van der Waals surface area contributed by atoms with Gasteiger partial charge in [-0.1, -0.05) is 0 Å². The number of carbonyl (C=O) groups excluding carboxylic acids is 1. The predicted molar refractivity (Wildman–Crippen MR) is 112 cm³/mol. The van der Waals surface area contributed by atoms with E-state index in [1.54, 1.807) is 36.9 Å². The lowest BCUT2D eigenvalue weighted by Gasteiger charge is -2.16. The fourth-order valence-corrected chi connectivity index (χ4v) is 3.50. The second-order valence-corrected chi connectivity index (χ2v) is 7.67. The SMILES string of the molecule is COC[C@H](C)Oc1cc(CCc2cc(F)ccc2F)cc(C(=O)Nc2nccs2)c1. The van der Waals surface area contributed by atoms with E-state index >= 15 is 0 Å². The Balaban J connectivity index is 1.82. The number of thiazole rings is 1. The highest BCUT2D eigenvalue weighted by atomic mass is 32.1. The van der Waals surface area contributed by atoms with E-state index < -0.39 is 11.6 Å². The van der Waals surface area contributed by atoms with Crippen molar-refractivity contribution in [3.05, 3.63) is 76.3 Å². The van der Waals surface area contributed by atoms with E-state index in [1.807, 2.05) is 6.92 Å². The molecule has 30 heavy (non-hydrogen) atoms. The van der Waals surface area contributed by atoms with Crippen LogP contribution in [0.3, 0.4) is 0 Å². The Morgan fingerprint density at radius 1 is 1.20 bits per heavy atom. The van der Waals surface area contributed by atoms with Crippen molar-refractivity contribution < 1.29 is 23.0 Å². The molecule has 2 aromatic carbocycles. The standard InChI is InChI=1S/C22H22F2N2O3S/c1-14(13-28-2)29-19-10-15(3-4-16-11-18(23)5-6-20(16)24)9-17(12-19)21(27)26-22-25-7-8-30-22/h5-12,14H,3-4,13H2,1-2H3,(H,25,26,27)/t14-/m0/s1. The smallest absolute Gasteiger partial charge is 0.257 e. The van der Waals surface area contributed by atoms with Crippen molar-refractivity contribution in [3.8, 4) is 5.75 Å². The summed E-state index contributed by atoms with van der Waals surface area (Å²) in [5, 5.41) is 4.99. The lowest BCUT2D eigenvalue weighted by Crippen LogP contribution is -2.19. The third-order valence-corrected chi connectivity index (χ3v) is 5.00. The first-order chi connectivity index (χ1) is 14.4. The van der Waals surface area contributed by atoms with Gasteiger partial charge in [0.15, 0.2) is 5.13 Å². The van der Waals surface area contributed by atoms with E-state index in [9.17, 15) is 13.6 Å². The summed E-state index contributed by atoms with van der Waals surface area (Å²) in [6, 6.07) is 8.54. The fourth-order valence-electron chi connectivity index (χ4n) is 2.97. The van der Waals surface area contributed by atoms with Crippen LogP contribution in [-0.4, -0.2) is 30.7 Å². The number of aromatic nitrogens is 1. The number of carbonyl (C=O) groups is 1. The van der Waals surface area contributed by atoms with Gasteiger partial charge in [-0.2, -0.15) is 0 Å². The summed E-state index contributed by atoms with van der Waals surface area (Å²) in [6.07, 6.45) is 2.08. The van der Waals surface area contributed by atoms with Gasteiger partial charge in [0, 0.05) is 24.3 Å². The summed E-state index contributed by atoms with van der Waals surface area (Å²) in [7, 11) is 1.58. The van der Waals surface area contributed by atoms with E-state index in [0.717, 1.165) is 17.7 Å². The van der Waals surface area contributed by atoms with Crippen LogP contribution in [0.15, 0.2) is 48.0 Å². The number of nitrogens with zero attached hydrogens (tertiary/aromatic N) is 1.